The molecule has 1 N–H and O–H groups in total. The van der Waals surface area contributed by atoms with E-state index in [9.17, 15) is 9.59 Å². The first kappa shape index (κ1) is 16.1. The number of piperidine rings is 1. The molecule has 2 atom stereocenters. The fourth-order valence-corrected chi connectivity index (χ4v) is 3.08. The molecular weight excluding hydrogens is 308 g/mol. The minimum absolute atomic E-state index is 0.0314. The summed E-state index contributed by atoms with van der Waals surface area (Å²) >= 11 is 0. The lowest BCUT2D eigenvalue weighted by molar-refractivity contribution is -0.140. The van der Waals surface area contributed by atoms with Crippen LogP contribution in [0.1, 0.15) is 30.4 Å². The molecule has 8 nitrogen and oxygen atoms in total. The second-order valence-electron chi connectivity index (χ2n) is 5.98. The molecule has 126 valence electrons. The maximum absolute atomic E-state index is 12.8. The molecule has 2 aromatic heterocycles. The highest BCUT2D eigenvalue weighted by atomic mass is 16.2. The first-order valence-corrected chi connectivity index (χ1v) is 7.80. The van der Waals surface area contributed by atoms with Crippen LogP contribution in [0.4, 0.5) is 5.69 Å². The van der Waals surface area contributed by atoms with Gasteiger partial charge in [-0.1, -0.05) is 0 Å². The summed E-state index contributed by atoms with van der Waals surface area (Å²) in [6.45, 7) is 1.78. The molecule has 3 rings (SSSR count). The maximum atomic E-state index is 12.8. The predicted octanol–water partition coefficient (Wildman–Crippen LogP) is 1.07. The van der Waals surface area contributed by atoms with Gasteiger partial charge in [-0.15, -0.1) is 0 Å². The summed E-state index contributed by atoms with van der Waals surface area (Å²) in [5, 5.41) is 7.02. The quantitative estimate of drug-likeness (QED) is 0.909. The third kappa shape index (κ3) is 2.99. The highest BCUT2D eigenvalue weighted by Crippen LogP contribution is 2.36. The molecule has 24 heavy (non-hydrogen) atoms. The molecule has 0 radical (unpaired) electrons. The van der Waals surface area contributed by atoms with E-state index in [-0.39, 0.29) is 23.8 Å². The summed E-state index contributed by atoms with van der Waals surface area (Å²) in [4.78, 5) is 34.7. The van der Waals surface area contributed by atoms with Crippen LogP contribution in [0.25, 0.3) is 0 Å². The van der Waals surface area contributed by atoms with Gasteiger partial charge in [0.1, 0.15) is 5.82 Å². The van der Waals surface area contributed by atoms with Crippen molar-refractivity contribution < 1.29 is 9.59 Å². The molecule has 2 aromatic rings. The third-order valence-corrected chi connectivity index (χ3v) is 4.41. The van der Waals surface area contributed by atoms with E-state index in [2.05, 4.69) is 20.4 Å². The number of carbonyl (C=O) groups is 2. The molecule has 1 fully saturated rings. The average molecular weight is 328 g/mol. The van der Waals surface area contributed by atoms with Crippen LogP contribution in [-0.2, 0) is 16.6 Å². The lowest BCUT2D eigenvalue weighted by Crippen LogP contribution is -2.45. The topological polar surface area (TPSA) is 93.0 Å². The molecule has 2 amide bonds. The van der Waals surface area contributed by atoms with Crippen molar-refractivity contribution in [2.75, 3.05) is 12.4 Å². The van der Waals surface area contributed by atoms with E-state index in [1.54, 1.807) is 42.1 Å². The van der Waals surface area contributed by atoms with Gasteiger partial charge in [-0.25, -0.2) is 9.97 Å². The minimum Gasteiger partial charge on any atom is -0.336 e. The van der Waals surface area contributed by atoms with Crippen molar-refractivity contribution in [3.63, 3.8) is 0 Å². The Morgan fingerprint density at radius 1 is 1.29 bits per heavy atom. The van der Waals surface area contributed by atoms with Crippen LogP contribution in [0.2, 0.25) is 0 Å². The van der Waals surface area contributed by atoms with Gasteiger partial charge >= 0.3 is 0 Å². The van der Waals surface area contributed by atoms with E-state index >= 15 is 0 Å². The lowest BCUT2D eigenvalue weighted by Gasteiger charge is -2.38. The predicted molar refractivity (Wildman–Crippen MR) is 86.8 cm³/mol. The Morgan fingerprint density at radius 2 is 2.00 bits per heavy atom. The smallest absolute Gasteiger partial charge is 0.230 e. The Bertz CT molecular complexity index is 754. The van der Waals surface area contributed by atoms with Gasteiger partial charge in [0.15, 0.2) is 0 Å². The molecule has 8 heteroatoms. The summed E-state index contributed by atoms with van der Waals surface area (Å²) in [5.74, 6) is 0.171. The number of carbonyl (C=O) groups excluding carboxylic acids is 2. The highest BCUT2D eigenvalue weighted by molar-refractivity contribution is 5.94. The number of likely N-dealkylation sites (tertiary alicyclic amines) is 1. The number of amides is 2. The lowest BCUT2D eigenvalue weighted by atomic mass is 9.86. The van der Waals surface area contributed by atoms with Gasteiger partial charge in [-0.05, 0) is 19.4 Å². The van der Waals surface area contributed by atoms with Crippen LogP contribution >= 0.6 is 0 Å². The Hall–Kier alpha value is -2.77. The highest BCUT2D eigenvalue weighted by Gasteiger charge is 2.40. The summed E-state index contributed by atoms with van der Waals surface area (Å²) in [7, 11) is 3.54. The van der Waals surface area contributed by atoms with Gasteiger partial charge < -0.3 is 10.2 Å². The molecule has 1 aliphatic rings. The van der Waals surface area contributed by atoms with Crippen molar-refractivity contribution in [2.45, 2.75) is 25.8 Å². The molecule has 0 spiro atoms. The van der Waals surface area contributed by atoms with Crippen molar-refractivity contribution in [1.29, 1.82) is 0 Å². The molecule has 0 aromatic carbocycles. The van der Waals surface area contributed by atoms with Crippen LogP contribution in [-0.4, -0.2) is 43.5 Å². The van der Waals surface area contributed by atoms with Gasteiger partial charge in [-0.3, -0.25) is 14.3 Å². The van der Waals surface area contributed by atoms with Gasteiger partial charge in [0.2, 0.25) is 11.8 Å². The minimum atomic E-state index is -0.357. The largest absolute Gasteiger partial charge is 0.336 e. The van der Waals surface area contributed by atoms with E-state index in [1.165, 1.54) is 0 Å². The maximum Gasteiger partial charge on any atom is 0.230 e. The second-order valence-corrected chi connectivity index (χ2v) is 5.98. The van der Waals surface area contributed by atoms with Gasteiger partial charge in [0, 0.05) is 26.7 Å². The Kier molecular flexibility index (Phi) is 4.28. The van der Waals surface area contributed by atoms with Crippen LogP contribution in [0.3, 0.4) is 0 Å². The SMILES string of the molecule is Cc1ncc(NC(=O)[C@H]2CCC(=O)N(C)[C@@H]2c2ccnn2C)cn1. The molecular formula is C16H20N6O2. The molecule has 1 saturated heterocycles. The fourth-order valence-electron chi connectivity index (χ4n) is 3.08. The molecule has 1 aliphatic heterocycles. The Labute approximate surface area is 139 Å². The summed E-state index contributed by atoms with van der Waals surface area (Å²) in [5.41, 5.74) is 1.39. The van der Waals surface area contributed by atoms with Crippen molar-refractivity contribution in [3.8, 4) is 0 Å². The zero-order valence-electron chi connectivity index (χ0n) is 13.9. The number of aryl methyl sites for hydroxylation is 2. The standard InChI is InChI=1S/C16H20N6O2/c1-10-17-8-11(9-18-10)20-16(24)12-4-5-14(23)21(2)15(12)13-6-7-19-22(13)3/h6-9,12,15H,4-5H2,1-3H3,(H,20,24)/t12-,15-/m0/s1. The van der Waals surface area contributed by atoms with E-state index in [0.29, 0.717) is 24.4 Å². The normalized spacial score (nSPS) is 21.0. The Balaban J connectivity index is 1.86. The average Bonchev–Trinajstić information content (AvgIpc) is 2.97. The van der Waals surface area contributed by atoms with Crippen LogP contribution < -0.4 is 5.32 Å². The monoisotopic (exact) mass is 328 g/mol. The number of nitrogens with zero attached hydrogens (tertiary/aromatic N) is 5. The van der Waals surface area contributed by atoms with Crippen LogP contribution in [0.5, 0.6) is 0 Å². The van der Waals surface area contributed by atoms with Crippen molar-refractivity contribution >= 4 is 17.5 Å². The van der Waals surface area contributed by atoms with Crippen LogP contribution in [0.15, 0.2) is 24.7 Å². The summed E-state index contributed by atoms with van der Waals surface area (Å²) in [6, 6.07) is 1.50. The fraction of sp³-hybridized carbons (Fsp3) is 0.438. The summed E-state index contributed by atoms with van der Waals surface area (Å²) < 4.78 is 1.70. The first-order valence-electron chi connectivity index (χ1n) is 7.80. The third-order valence-electron chi connectivity index (χ3n) is 4.41. The van der Waals surface area contributed by atoms with E-state index in [1.807, 2.05) is 13.1 Å². The van der Waals surface area contributed by atoms with E-state index in [4.69, 9.17) is 0 Å². The molecule has 0 aliphatic carbocycles. The molecule has 0 bridgehead atoms. The van der Waals surface area contributed by atoms with E-state index in [0.717, 1.165) is 5.69 Å². The summed E-state index contributed by atoms with van der Waals surface area (Å²) in [6.07, 6.45) is 5.68. The molecule has 0 saturated carbocycles. The van der Waals surface area contributed by atoms with Crippen molar-refractivity contribution in [2.24, 2.45) is 13.0 Å². The second kappa shape index (κ2) is 6.38. The van der Waals surface area contributed by atoms with Gasteiger partial charge in [0.05, 0.1) is 35.7 Å². The zero-order chi connectivity index (χ0) is 17.3. The van der Waals surface area contributed by atoms with Crippen LogP contribution in [0, 0.1) is 12.8 Å². The van der Waals surface area contributed by atoms with Gasteiger partial charge in [-0.2, -0.15) is 5.10 Å². The number of aromatic nitrogens is 4. The van der Waals surface area contributed by atoms with Gasteiger partial charge in [0.25, 0.3) is 0 Å². The zero-order valence-corrected chi connectivity index (χ0v) is 13.9. The molecule has 3 heterocycles. The van der Waals surface area contributed by atoms with Crippen molar-refractivity contribution in [3.05, 3.63) is 36.2 Å². The van der Waals surface area contributed by atoms with Crippen molar-refractivity contribution in [1.82, 2.24) is 24.6 Å². The number of hydrogen-bond donors (Lipinski definition) is 1. The molecule has 0 unspecified atom stereocenters. The van der Waals surface area contributed by atoms with E-state index < -0.39 is 0 Å². The number of nitrogens with one attached hydrogen (secondary N) is 1. The number of anilines is 1. The Morgan fingerprint density at radius 3 is 2.62 bits per heavy atom. The first-order chi connectivity index (χ1) is 11.5. The number of hydrogen-bond acceptors (Lipinski definition) is 5. The number of rotatable bonds is 3.